The average Bonchev–Trinajstić information content (AvgIpc) is 1.90. The second-order valence-corrected chi connectivity index (χ2v) is 2.86. The Morgan fingerprint density at radius 2 is 2.44 bits per heavy atom. The van der Waals surface area contributed by atoms with Gasteiger partial charge in [-0.3, -0.25) is 0 Å². The summed E-state index contributed by atoms with van der Waals surface area (Å²) in [5.41, 5.74) is 0.0260. The Morgan fingerprint density at radius 1 is 1.67 bits per heavy atom. The number of terminal acetylenes is 1. The number of ether oxygens (including phenoxy) is 1. The summed E-state index contributed by atoms with van der Waals surface area (Å²) in [4.78, 5) is 0. The highest BCUT2D eigenvalue weighted by atomic mass is 16.5. The van der Waals surface area contributed by atoms with Crippen LogP contribution in [0.2, 0.25) is 0 Å². The van der Waals surface area contributed by atoms with E-state index in [4.69, 9.17) is 11.2 Å². The van der Waals surface area contributed by atoms with Crippen molar-refractivity contribution in [3.8, 4) is 12.3 Å². The zero-order valence-corrected chi connectivity index (χ0v) is 5.81. The second kappa shape index (κ2) is 2.41. The lowest BCUT2D eigenvalue weighted by Crippen LogP contribution is -2.26. The summed E-state index contributed by atoms with van der Waals surface area (Å²) in [6.07, 6.45) is 7.53. The van der Waals surface area contributed by atoms with Gasteiger partial charge in [0.05, 0.1) is 12.0 Å². The number of hydrogen-bond acceptors (Lipinski definition) is 1. The maximum Gasteiger partial charge on any atom is 0.0629 e. The smallest absolute Gasteiger partial charge is 0.0629 e. The first-order valence-corrected chi connectivity index (χ1v) is 3.32. The predicted octanol–water partition coefficient (Wildman–Crippen LogP) is 1.44. The van der Waals surface area contributed by atoms with Crippen molar-refractivity contribution in [2.24, 2.45) is 5.41 Å². The molecule has 0 radical (unpaired) electrons. The maximum absolute atomic E-state index is 5.31. The lowest BCUT2D eigenvalue weighted by molar-refractivity contribution is 0.0321. The van der Waals surface area contributed by atoms with E-state index in [0.29, 0.717) is 0 Å². The molecule has 1 nitrogen and oxygen atoms in total. The quantitative estimate of drug-likeness (QED) is 0.444. The van der Waals surface area contributed by atoms with Gasteiger partial charge < -0.3 is 4.74 Å². The molecular weight excluding hydrogens is 112 g/mol. The molecule has 1 unspecified atom stereocenters. The Morgan fingerprint density at radius 3 is 2.78 bits per heavy atom. The Balaban J connectivity index is 2.49. The van der Waals surface area contributed by atoms with E-state index < -0.39 is 0 Å². The average molecular weight is 124 g/mol. The van der Waals surface area contributed by atoms with Gasteiger partial charge in [-0.15, -0.1) is 6.42 Å². The molecule has 1 saturated heterocycles. The molecule has 50 valence electrons. The van der Waals surface area contributed by atoms with Crippen molar-refractivity contribution in [3.63, 3.8) is 0 Å². The van der Waals surface area contributed by atoms with Gasteiger partial charge in [-0.1, -0.05) is 5.92 Å². The van der Waals surface area contributed by atoms with Crippen molar-refractivity contribution in [3.05, 3.63) is 0 Å². The molecule has 1 heterocycles. The fraction of sp³-hybridized carbons (Fsp3) is 0.750. The minimum Gasteiger partial charge on any atom is -0.380 e. The summed E-state index contributed by atoms with van der Waals surface area (Å²) in [5.74, 6) is 2.76. The van der Waals surface area contributed by atoms with Crippen molar-refractivity contribution in [2.45, 2.75) is 19.8 Å². The van der Waals surface area contributed by atoms with Crippen LogP contribution in [0.5, 0.6) is 0 Å². The third-order valence-corrected chi connectivity index (χ3v) is 1.79. The van der Waals surface area contributed by atoms with E-state index in [1.807, 2.05) is 0 Å². The number of hydrogen-bond donors (Lipinski definition) is 0. The Labute approximate surface area is 56.4 Å². The summed E-state index contributed by atoms with van der Waals surface area (Å²) < 4.78 is 5.23. The first-order chi connectivity index (χ1) is 4.27. The SMILES string of the molecule is C#CC1(C)CCCOC1. The van der Waals surface area contributed by atoms with E-state index in [-0.39, 0.29) is 5.41 Å². The van der Waals surface area contributed by atoms with Crippen molar-refractivity contribution >= 4 is 0 Å². The molecule has 1 heteroatoms. The minimum absolute atomic E-state index is 0.0260. The molecule has 1 rings (SSSR count). The molecule has 0 aromatic rings. The van der Waals surface area contributed by atoms with Gasteiger partial charge in [0.1, 0.15) is 0 Å². The molecule has 0 saturated carbocycles. The third-order valence-electron chi connectivity index (χ3n) is 1.79. The summed E-state index contributed by atoms with van der Waals surface area (Å²) in [5, 5.41) is 0. The van der Waals surface area contributed by atoms with Crippen LogP contribution < -0.4 is 0 Å². The molecule has 9 heavy (non-hydrogen) atoms. The first-order valence-electron chi connectivity index (χ1n) is 3.32. The fourth-order valence-corrected chi connectivity index (χ4v) is 1.05. The summed E-state index contributed by atoms with van der Waals surface area (Å²) in [7, 11) is 0. The normalized spacial score (nSPS) is 35.6. The fourth-order valence-electron chi connectivity index (χ4n) is 1.05. The van der Waals surface area contributed by atoms with E-state index in [1.54, 1.807) is 0 Å². The van der Waals surface area contributed by atoms with Crippen LogP contribution in [-0.2, 0) is 4.74 Å². The molecule has 0 amide bonds. The van der Waals surface area contributed by atoms with Gasteiger partial charge >= 0.3 is 0 Å². The molecule has 1 aliphatic heterocycles. The third kappa shape index (κ3) is 1.46. The Kier molecular flexibility index (Phi) is 1.78. The molecule has 1 fully saturated rings. The van der Waals surface area contributed by atoms with Gasteiger partial charge in [0.2, 0.25) is 0 Å². The lowest BCUT2D eigenvalue weighted by atomic mass is 9.86. The summed E-state index contributed by atoms with van der Waals surface area (Å²) in [6.45, 7) is 3.70. The highest BCUT2D eigenvalue weighted by molar-refractivity contribution is 5.03. The molecular formula is C8H12O. The van der Waals surface area contributed by atoms with Crippen LogP contribution in [0.1, 0.15) is 19.8 Å². The molecule has 0 N–H and O–H groups in total. The zero-order chi connectivity index (χ0) is 6.74. The van der Waals surface area contributed by atoms with Crippen LogP contribution in [-0.4, -0.2) is 13.2 Å². The molecule has 0 bridgehead atoms. The van der Waals surface area contributed by atoms with Crippen molar-refractivity contribution in [1.82, 2.24) is 0 Å². The first kappa shape index (κ1) is 6.64. The molecule has 0 spiro atoms. The van der Waals surface area contributed by atoms with Crippen LogP contribution in [0.4, 0.5) is 0 Å². The molecule has 1 aliphatic rings. The summed E-state index contributed by atoms with van der Waals surface area (Å²) in [6, 6.07) is 0. The summed E-state index contributed by atoms with van der Waals surface area (Å²) >= 11 is 0. The van der Waals surface area contributed by atoms with Crippen LogP contribution in [0.15, 0.2) is 0 Å². The van der Waals surface area contributed by atoms with Gasteiger partial charge in [-0.25, -0.2) is 0 Å². The van der Waals surface area contributed by atoms with E-state index in [9.17, 15) is 0 Å². The van der Waals surface area contributed by atoms with Gasteiger partial charge in [-0.05, 0) is 19.8 Å². The molecule has 0 aliphatic carbocycles. The van der Waals surface area contributed by atoms with Gasteiger partial charge in [0.25, 0.3) is 0 Å². The highest BCUT2D eigenvalue weighted by Crippen LogP contribution is 2.25. The Bertz CT molecular complexity index is 126. The van der Waals surface area contributed by atoms with Gasteiger partial charge in [0, 0.05) is 6.61 Å². The van der Waals surface area contributed by atoms with Crippen molar-refractivity contribution < 1.29 is 4.74 Å². The van der Waals surface area contributed by atoms with Crippen LogP contribution in [0.3, 0.4) is 0 Å². The van der Waals surface area contributed by atoms with Crippen molar-refractivity contribution in [2.75, 3.05) is 13.2 Å². The number of rotatable bonds is 0. The Hall–Kier alpha value is -0.480. The second-order valence-electron chi connectivity index (χ2n) is 2.86. The van der Waals surface area contributed by atoms with Crippen LogP contribution in [0, 0.1) is 17.8 Å². The molecule has 0 aromatic heterocycles. The standard InChI is InChI=1S/C8H12O/c1-3-8(2)5-4-6-9-7-8/h1H,4-7H2,2H3. The van der Waals surface area contributed by atoms with E-state index in [1.165, 1.54) is 0 Å². The van der Waals surface area contributed by atoms with Gasteiger partial charge in [0.15, 0.2) is 0 Å². The van der Waals surface area contributed by atoms with Gasteiger partial charge in [-0.2, -0.15) is 0 Å². The minimum atomic E-state index is 0.0260. The molecule has 0 aromatic carbocycles. The van der Waals surface area contributed by atoms with Crippen molar-refractivity contribution in [1.29, 1.82) is 0 Å². The van der Waals surface area contributed by atoms with Crippen LogP contribution >= 0.6 is 0 Å². The van der Waals surface area contributed by atoms with E-state index in [2.05, 4.69) is 12.8 Å². The monoisotopic (exact) mass is 124 g/mol. The zero-order valence-electron chi connectivity index (χ0n) is 5.81. The maximum atomic E-state index is 5.31. The van der Waals surface area contributed by atoms with E-state index in [0.717, 1.165) is 26.1 Å². The lowest BCUT2D eigenvalue weighted by Gasteiger charge is -2.27. The van der Waals surface area contributed by atoms with E-state index >= 15 is 0 Å². The topological polar surface area (TPSA) is 9.23 Å². The van der Waals surface area contributed by atoms with Crippen LogP contribution in [0.25, 0.3) is 0 Å². The predicted molar refractivity (Wildman–Crippen MR) is 37.0 cm³/mol. The largest absolute Gasteiger partial charge is 0.380 e. The highest BCUT2D eigenvalue weighted by Gasteiger charge is 2.24. The molecule has 1 atom stereocenters.